The predicted octanol–water partition coefficient (Wildman–Crippen LogP) is 1.89. The molecule has 0 bridgehead atoms. The van der Waals surface area contributed by atoms with Crippen LogP contribution in [0.3, 0.4) is 0 Å². The second kappa shape index (κ2) is 6.51. The minimum atomic E-state index is -2.34. The summed E-state index contributed by atoms with van der Waals surface area (Å²) in [7, 11) is 3.21. The molecule has 0 aliphatic carbocycles. The zero-order chi connectivity index (χ0) is 12.8. The van der Waals surface area contributed by atoms with Crippen molar-refractivity contribution in [2.75, 3.05) is 27.2 Å². The number of alkyl halides is 2. The first-order valence-corrected chi connectivity index (χ1v) is 5.39. The molecule has 1 rings (SSSR count). The van der Waals surface area contributed by atoms with E-state index < -0.39 is 6.43 Å². The van der Waals surface area contributed by atoms with Gasteiger partial charge in [0, 0.05) is 12.6 Å². The highest BCUT2D eigenvalue weighted by molar-refractivity contribution is 5.30. The van der Waals surface area contributed by atoms with E-state index in [1.54, 1.807) is 14.2 Å². The average molecular weight is 244 g/mol. The summed E-state index contributed by atoms with van der Waals surface area (Å²) >= 11 is 0. The van der Waals surface area contributed by atoms with E-state index in [4.69, 9.17) is 10.5 Å². The number of halogens is 2. The average Bonchev–Trinajstić information content (AvgIpc) is 2.27. The first kappa shape index (κ1) is 13.9. The number of hydrogen-bond acceptors (Lipinski definition) is 3. The summed E-state index contributed by atoms with van der Waals surface area (Å²) in [5, 5.41) is 0. The second-order valence-electron chi connectivity index (χ2n) is 4.00. The number of benzene rings is 1. The van der Waals surface area contributed by atoms with Gasteiger partial charge in [-0.25, -0.2) is 8.78 Å². The molecule has 0 radical (unpaired) electrons. The normalized spacial score (nSPS) is 13.1. The first-order chi connectivity index (χ1) is 8.02. The van der Waals surface area contributed by atoms with Gasteiger partial charge in [0.25, 0.3) is 6.43 Å². The molecular weight excluding hydrogens is 226 g/mol. The van der Waals surface area contributed by atoms with E-state index in [1.165, 1.54) is 4.90 Å². The maximum absolute atomic E-state index is 12.2. The largest absolute Gasteiger partial charge is 0.497 e. The highest BCUT2D eigenvalue weighted by Gasteiger charge is 2.13. The first-order valence-electron chi connectivity index (χ1n) is 5.39. The molecule has 0 aliphatic heterocycles. The van der Waals surface area contributed by atoms with Crippen LogP contribution >= 0.6 is 0 Å². The van der Waals surface area contributed by atoms with Crippen LogP contribution in [0.5, 0.6) is 5.75 Å². The van der Waals surface area contributed by atoms with Gasteiger partial charge >= 0.3 is 0 Å². The van der Waals surface area contributed by atoms with Crippen LogP contribution in [0.2, 0.25) is 0 Å². The molecule has 0 amide bonds. The van der Waals surface area contributed by atoms with Crippen molar-refractivity contribution in [3.8, 4) is 5.75 Å². The Morgan fingerprint density at radius 2 is 2.06 bits per heavy atom. The van der Waals surface area contributed by atoms with Gasteiger partial charge in [-0.2, -0.15) is 0 Å². The number of methoxy groups -OCH3 is 1. The number of nitrogens with two attached hydrogens (primary N) is 1. The number of hydrogen-bond donors (Lipinski definition) is 1. The monoisotopic (exact) mass is 244 g/mol. The fourth-order valence-electron chi connectivity index (χ4n) is 1.62. The highest BCUT2D eigenvalue weighted by Crippen LogP contribution is 2.18. The minimum Gasteiger partial charge on any atom is -0.497 e. The van der Waals surface area contributed by atoms with Crippen molar-refractivity contribution < 1.29 is 13.5 Å². The third-order valence-corrected chi connectivity index (χ3v) is 2.48. The molecule has 3 nitrogen and oxygen atoms in total. The lowest BCUT2D eigenvalue weighted by Crippen LogP contribution is -2.32. The Hall–Kier alpha value is -1.20. The van der Waals surface area contributed by atoms with Crippen LogP contribution in [0.15, 0.2) is 24.3 Å². The van der Waals surface area contributed by atoms with E-state index in [9.17, 15) is 8.78 Å². The lowest BCUT2D eigenvalue weighted by atomic mass is 10.1. The highest BCUT2D eigenvalue weighted by atomic mass is 19.3. The molecule has 2 N–H and O–H groups in total. The molecule has 0 aromatic heterocycles. The number of likely N-dealkylation sites (N-methyl/N-ethyl adjacent to an activating group) is 1. The SMILES string of the molecule is COc1cccc(C(N)CN(C)CC(F)F)c1. The van der Waals surface area contributed by atoms with Gasteiger partial charge in [-0.1, -0.05) is 12.1 Å². The number of rotatable bonds is 6. The van der Waals surface area contributed by atoms with Crippen molar-refractivity contribution in [2.45, 2.75) is 12.5 Å². The Bertz CT molecular complexity index is 347. The fraction of sp³-hybridized carbons (Fsp3) is 0.500. The van der Waals surface area contributed by atoms with Crippen LogP contribution in [-0.4, -0.2) is 38.6 Å². The van der Waals surface area contributed by atoms with Crippen molar-refractivity contribution >= 4 is 0 Å². The summed E-state index contributed by atoms with van der Waals surface area (Å²) in [5.74, 6) is 0.717. The van der Waals surface area contributed by atoms with Gasteiger partial charge in [0.05, 0.1) is 13.7 Å². The van der Waals surface area contributed by atoms with E-state index in [1.807, 2.05) is 24.3 Å². The molecule has 1 atom stereocenters. The molecule has 0 saturated carbocycles. The van der Waals surface area contributed by atoms with Crippen molar-refractivity contribution in [1.82, 2.24) is 4.90 Å². The zero-order valence-electron chi connectivity index (χ0n) is 10.1. The summed E-state index contributed by atoms with van der Waals surface area (Å²) in [4.78, 5) is 1.52. The van der Waals surface area contributed by atoms with Gasteiger partial charge in [0.15, 0.2) is 0 Å². The zero-order valence-corrected chi connectivity index (χ0v) is 10.1. The molecule has 5 heteroatoms. The fourth-order valence-corrected chi connectivity index (χ4v) is 1.62. The molecule has 1 aromatic carbocycles. The Labute approximate surface area is 100 Å². The van der Waals surface area contributed by atoms with E-state index >= 15 is 0 Å². The van der Waals surface area contributed by atoms with Crippen LogP contribution < -0.4 is 10.5 Å². The quantitative estimate of drug-likeness (QED) is 0.830. The van der Waals surface area contributed by atoms with Crippen LogP contribution in [-0.2, 0) is 0 Å². The van der Waals surface area contributed by atoms with Gasteiger partial charge in [-0.3, -0.25) is 4.90 Å². The van der Waals surface area contributed by atoms with E-state index in [-0.39, 0.29) is 12.6 Å². The van der Waals surface area contributed by atoms with Gasteiger partial charge in [0.1, 0.15) is 5.75 Å². The molecule has 1 unspecified atom stereocenters. The molecular formula is C12H18F2N2O. The minimum absolute atomic E-state index is 0.266. The molecule has 0 spiro atoms. The lowest BCUT2D eigenvalue weighted by molar-refractivity contribution is 0.0978. The summed E-state index contributed by atoms with van der Waals surface area (Å²) in [6.07, 6.45) is -2.34. The summed E-state index contributed by atoms with van der Waals surface area (Å²) in [6, 6.07) is 7.04. The number of ether oxygens (including phenoxy) is 1. The third-order valence-electron chi connectivity index (χ3n) is 2.48. The van der Waals surface area contributed by atoms with E-state index in [0.717, 1.165) is 11.3 Å². The smallest absolute Gasteiger partial charge is 0.251 e. The van der Waals surface area contributed by atoms with Crippen molar-refractivity contribution in [3.63, 3.8) is 0 Å². The summed E-state index contributed by atoms with van der Waals surface area (Å²) in [5.41, 5.74) is 6.83. The van der Waals surface area contributed by atoms with Crippen molar-refractivity contribution in [1.29, 1.82) is 0 Å². The molecule has 1 aromatic rings. The van der Waals surface area contributed by atoms with Crippen LogP contribution in [0.1, 0.15) is 11.6 Å². The standard InChI is InChI=1S/C12H18F2N2O/c1-16(8-12(13)14)7-11(15)9-4-3-5-10(6-9)17-2/h3-6,11-12H,7-8,15H2,1-2H3. The van der Waals surface area contributed by atoms with Gasteiger partial charge < -0.3 is 10.5 Å². The molecule has 96 valence electrons. The van der Waals surface area contributed by atoms with Crippen LogP contribution in [0.4, 0.5) is 8.78 Å². The number of nitrogens with zero attached hydrogens (tertiary/aromatic N) is 1. The molecule has 17 heavy (non-hydrogen) atoms. The van der Waals surface area contributed by atoms with Gasteiger partial charge in [-0.05, 0) is 24.7 Å². The lowest BCUT2D eigenvalue weighted by Gasteiger charge is -2.21. The third kappa shape index (κ3) is 4.66. The predicted molar refractivity (Wildman–Crippen MR) is 63.4 cm³/mol. The van der Waals surface area contributed by atoms with Crippen LogP contribution in [0, 0.1) is 0 Å². The van der Waals surface area contributed by atoms with Gasteiger partial charge in [-0.15, -0.1) is 0 Å². The van der Waals surface area contributed by atoms with Crippen molar-refractivity contribution in [3.05, 3.63) is 29.8 Å². The van der Waals surface area contributed by atoms with Gasteiger partial charge in [0.2, 0.25) is 0 Å². The second-order valence-corrected chi connectivity index (χ2v) is 4.00. The Kier molecular flexibility index (Phi) is 5.31. The molecule has 0 fully saturated rings. The molecule has 0 saturated heterocycles. The van der Waals surface area contributed by atoms with E-state index in [0.29, 0.717) is 6.54 Å². The summed E-state index contributed by atoms with van der Waals surface area (Å²) in [6.45, 7) is 0.120. The maximum Gasteiger partial charge on any atom is 0.251 e. The van der Waals surface area contributed by atoms with Crippen molar-refractivity contribution in [2.24, 2.45) is 5.73 Å². The summed E-state index contributed by atoms with van der Waals surface area (Å²) < 4.78 is 29.4. The Morgan fingerprint density at radius 1 is 1.35 bits per heavy atom. The molecule has 0 aliphatic rings. The maximum atomic E-state index is 12.2. The van der Waals surface area contributed by atoms with Crippen LogP contribution in [0.25, 0.3) is 0 Å². The Morgan fingerprint density at radius 3 is 2.65 bits per heavy atom. The topological polar surface area (TPSA) is 38.5 Å². The Balaban J connectivity index is 2.59. The molecule has 0 heterocycles. The van der Waals surface area contributed by atoms with E-state index in [2.05, 4.69) is 0 Å².